The van der Waals surface area contributed by atoms with E-state index in [1.165, 1.54) is 30.6 Å². The molecule has 9 nitrogen and oxygen atoms in total. The van der Waals surface area contributed by atoms with Crippen LogP contribution in [0.25, 0.3) is 10.1 Å². The zero-order valence-corrected chi connectivity index (χ0v) is 23.8. The van der Waals surface area contributed by atoms with E-state index in [4.69, 9.17) is 4.74 Å². The number of carbonyl (C=O) groups is 3. The number of thiophene rings is 1. The lowest BCUT2D eigenvalue weighted by Gasteiger charge is -2.23. The van der Waals surface area contributed by atoms with Crippen molar-refractivity contribution in [2.45, 2.75) is 50.1 Å². The molecule has 2 heterocycles. The predicted molar refractivity (Wildman–Crippen MR) is 150 cm³/mol. The number of fused-ring (bicyclic) bond motifs is 1. The van der Waals surface area contributed by atoms with Gasteiger partial charge in [-0.1, -0.05) is 38.1 Å². The third-order valence-electron chi connectivity index (χ3n) is 6.59. The monoisotopic (exact) mass is 571 g/mol. The highest BCUT2D eigenvalue weighted by Gasteiger charge is 2.34. The van der Waals surface area contributed by atoms with Gasteiger partial charge in [-0.05, 0) is 54.8 Å². The average molecular weight is 572 g/mol. The molecule has 1 saturated heterocycles. The van der Waals surface area contributed by atoms with Crippen molar-refractivity contribution in [1.29, 1.82) is 0 Å². The average Bonchev–Trinajstić information content (AvgIpc) is 3.26. The molecule has 0 saturated carbocycles. The van der Waals surface area contributed by atoms with E-state index >= 15 is 0 Å². The van der Waals surface area contributed by atoms with E-state index in [9.17, 15) is 22.8 Å². The summed E-state index contributed by atoms with van der Waals surface area (Å²) in [6.07, 6.45) is 1.08. The number of nitrogens with zero attached hydrogens (tertiary/aromatic N) is 1. The number of nitrogens with one attached hydrogen (secondary N) is 2. The van der Waals surface area contributed by atoms with Gasteiger partial charge in [-0.15, -0.1) is 11.3 Å². The van der Waals surface area contributed by atoms with E-state index in [1.807, 2.05) is 38.1 Å². The summed E-state index contributed by atoms with van der Waals surface area (Å²) in [7, 11) is -2.48. The number of methoxy groups -OCH3 is 1. The van der Waals surface area contributed by atoms with E-state index in [2.05, 4.69) is 10.6 Å². The Morgan fingerprint density at radius 1 is 1.13 bits per heavy atom. The third kappa shape index (κ3) is 6.84. The maximum absolute atomic E-state index is 13.3. The highest BCUT2D eigenvalue weighted by Crippen LogP contribution is 2.26. The summed E-state index contributed by atoms with van der Waals surface area (Å²) >= 11 is 1.35. The molecule has 11 heteroatoms. The van der Waals surface area contributed by atoms with Gasteiger partial charge in [0.05, 0.1) is 29.5 Å². The molecule has 0 aliphatic carbocycles. The Kier molecular flexibility index (Phi) is 9.04. The van der Waals surface area contributed by atoms with Crippen molar-refractivity contribution in [2.75, 3.05) is 20.2 Å². The fraction of sp³-hybridized carbons (Fsp3) is 0.393. The Morgan fingerprint density at radius 3 is 2.62 bits per heavy atom. The second-order valence-corrected chi connectivity index (χ2v) is 13.0. The number of amides is 2. The van der Waals surface area contributed by atoms with Crippen molar-refractivity contribution in [3.8, 4) is 5.75 Å². The van der Waals surface area contributed by atoms with Gasteiger partial charge in [-0.2, -0.15) is 4.31 Å². The SMILES string of the molecule is COc1cccc(S(=O)(=O)N2CCC[C@H](NC(=O)[C@H](CC(C)C)NC(=O)c3cc4ccccc4s3)C(=O)C2)c1. The van der Waals surface area contributed by atoms with Gasteiger partial charge in [0, 0.05) is 17.3 Å². The molecule has 3 aromatic rings. The summed E-state index contributed by atoms with van der Waals surface area (Å²) in [5, 5.41) is 6.58. The summed E-state index contributed by atoms with van der Waals surface area (Å²) in [6, 6.07) is 13.9. The number of benzene rings is 2. The molecule has 0 radical (unpaired) electrons. The summed E-state index contributed by atoms with van der Waals surface area (Å²) < 4.78 is 33.7. The molecule has 2 atom stereocenters. The van der Waals surface area contributed by atoms with Gasteiger partial charge in [0.25, 0.3) is 5.91 Å². The Labute approximate surface area is 232 Å². The number of hydrogen-bond donors (Lipinski definition) is 2. The van der Waals surface area contributed by atoms with Crippen LogP contribution in [-0.4, -0.2) is 62.6 Å². The number of ketones is 1. The van der Waals surface area contributed by atoms with E-state index in [1.54, 1.807) is 18.2 Å². The zero-order valence-electron chi connectivity index (χ0n) is 22.2. The first-order chi connectivity index (χ1) is 18.6. The van der Waals surface area contributed by atoms with E-state index in [-0.39, 0.29) is 29.8 Å². The highest BCUT2D eigenvalue weighted by atomic mass is 32.2. The second kappa shape index (κ2) is 12.3. The first-order valence-corrected chi connectivity index (χ1v) is 15.1. The topological polar surface area (TPSA) is 122 Å². The Morgan fingerprint density at radius 2 is 1.90 bits per heavy atom. The van der Waals surface area contributed by atoms with Crippen molar-refractivity contribution in [3.05, 3.63) is 59.5 Å². The van der Waals surface area contributed by atoms with Crippen LogP contribution in [0, 0.1) is 5.92 Å². The molecule has 1 aliphatic heterocycles. The number of carbonyl (C=O) groups excluding carboxylic acids is 3. The van der Waals surface area contributed by atoms with Crippen LogP contribution in [-0.2, 0) is 19.6 Å². The first kappa shape index (κ1) is 28.7. The molecule has 0 unspecified atom stereocenters. The standard InChI is InChI=1S/C28H33N3O6S2/c1-18(2)14-23(30-28(34)26-15-19-8-4-5-12-25(19)38-26)27(33)29-22-11-7-13-31(17-24(22)32)39(35,36)21-10-6-9-20(16-21)37-3/h4-6,8-10,12,15-16,18,22-23H,7,11,13-14,17H2,1-3H3,(H,29,33)(H,30,34)/t22-,23-/m0/s1. The minimum absolute atomic E-state index is 0.0399. The molecule has 2 amide bonds. The van der Waals surface area contributed by atoms with Gasteiger partial charge in [-0.3, -0.25) is 14.4 Å². The van der Waals surface area contributed by atoms with Crippen LogP contribution in [0.1, 0.15) is 42.8 Å². The fourth-order valence-corrected chi connectivity index (χ4v) is 7.01. The van der Waals surface area contributed by atoms with Crippen LogP contribution in [0.3, 0.4) is 0 Å². The Bertz CT molecular complexity index is 1430. The van der Waals surface area contributed by atoms with Crippen molar-refractivity contribution < 1.29 is 27.5 Å². The number of hydrogen-bond acceptors (Lipinski definition) is 7. The minimum Gasteiger partial charge on any atom is -0.497 e. The second-order valence-electron chi connectivity index (χ2n) is 9.99. The van der Waals surface area contributed by atoms with Crippen LogP contribution in [0.2, 0.25) is 0 Å². The van der Waals surface area contributed by atoms with E-state index in [0.29, 0.717) is 29.9 Å². The normalized spacial score (nSPS) is 17.5. The van der Waals surface area contributed by atoms with Gasteiger partial charge < -0.3 is 15.4 Å². The number of rotatable bonds is 9. The molecule has 1 aromatic heterocycles. The summed E-state index contributed by atoms with van der Waals surface area (Å²) in [4.78, 5) is 40.0. The molecular formula is C28H33N3O6S2. The first-order valence-electron chi connectivity index (χ1n) is 12.8. The van der Waals surface area contributed by atoms with Gasteiger partial charge in [0.2, 0.25) is 15.9 Å². The number of sulfonamides is 1. The van der Waals surface area contributed by atoms with Crippen molar-refractivity contribution in [3.63, 3.8) is 0 Å². The van der Waals surface area contributed by atoms with Gasteiger partial charge in [-0.25, -0.2) is 8.42 Å². The molecule has 2 aromatic carbocycles. The molecule has 2 N–H and O–H groups in total. The molecule has 0 bridgehead atoms. The number of ether oxygens (including phenoxy) is 1. The summed E-state index contributed by atoms with van der Waals surface area (Å²) in [6.45, 7) is 3.69. The van der Waals surface area contributed by atoms with Crippen molar-refractivity contribution in [1.82, 2.24) is 14.9 Å². The summed E-state index contributed by atoms with van der Waals surface area (Å²) in [5.74, 6) is -0.695. The highest BCUT2D eigenvalue weighted by molar-refractivity contribution is 7.89. The van der Waals surface area contributed by atoms with Crippen LogP contribution in [0.5, 0.6) is 5.75 Å². The Hall–Kier alpha value is -3.28. The quantitative estimate of drug-likeness (QED) is 0.405. The van der Waals surface area contributed by atoms with Gasteiger partial charge >= 0.3 is 0 Å². The lowest BCUT2D eigenvalue weighted by Crippen LogP contribution is -2.52. The lowest BCUT2D eigenvalue weighted by molar-refractivity contribution is -0.129. The minimum atomic E-state index is -3.93. The fourth-order valence-electron chi connectivity index (χ4n) is 4.56. The van der Waals surface area contributed by atoms with Crippen molar-refractivity contribution in [2.24, 2.45) is 5.92 Å². The molecule has 39 heavy (non-hydrogen) atoms. The van der Waals surface area contributed by atoms with Crippen LogP contribution in [0.4, 0.5) is 0 Å². The summed E-state index contributed by atoms with van der Waals surface area (Å²) in [5.41, 5.74) is 0. The van der Waals surface area contributed by atoms with Gasteiger partial charge in [0.1, 0.15) is 11.8 Å². The zero-order chi connectivity index (χ0) is 28.2. The molecular weight excluding hydrogens is 538 g/mol. The van der Waals surface area contributed by atoms with Crippen LogP contribution < -0.4 is 15.4 Å². The van der Waals surface area contributed by atoms with Gasteiger partial charge in [0.15, 0.2) is 5.78 Å². The molecule has 1 fully saturated rings. The molecule has 208 valence electrons. The smallest absolute Gasteiger partial charge is 0.262 e. The molecule has 0 spiro atoms. The maximum Gasteiger partial charge on any atom is 0.262 e. The molecule has 1 aliphatic rings. The molecule has 4 rings (SSSR count). The third-order valence-corrected chi connectivity index (χ3v) is 9.55. The van der Waals surface area contributed by atoms with Crippen LogP contribution >= 0.6 is 11.3 Å². The van der Waals surface area contributed by atoms with E-state index < -0.39 is 33.8 Å². The Balaban J connectivity index is 1.44. The lowest BCUT2D eigenvalue weighted by atomic mass is 10.0. The van der Waals surface area contributed by atoms with E-state index in [0.717, 1.165) is 14.4 Å². The maximum atomic E-state index is 13.3. The number of Topliss-reactive ketones (excluding diaryl/α,β-unsaturated/α-hetero) is 1. The van der Waals surface area contributed by atoms with Crippen molar-refractivity contribution >= 4 is 49.0 Å². The predicted octanol–water partition coefficient (Wildman–Crippen LogP) is 3.59. The largest absolute Gasteiger partial charge is 0.497 e. The van der Waals surface area contributed by atoms with Crippen LogP contribution in [0.15, 0.2) is 59.5 Å².